The van der Waals surface area contributed by atoms with Gasteiger partial charge in [0.25, 0.3) is 5.91 Å². The monoisotopic (exact) mass is 372 g/mol. The molecule has 5 heteroatoms. The first-order chi connectivity index (χ1) is 13.1. The van der Waals surface area contributed by atoms with Crippen molar-refractivity contribution in [2.45, 2.75) is 64.3 Å². The maximum absolute atomic E-state index is 13.5. The molecule has 1 aromatic rings. The van der Waals surface area contributed by atoms with Crippen molar-refractivity contribution in [1.29, 1.82) is 0 Å². The van der Waals surface area contributed by atoms with Crippen LogP contribution in [0.25, 0.3) is 0 Å². The van der Waals surface area contributed by atoms with Gasteiger partial charge in [-0.05, 0) is 50.7 Å². The van der Waals surface area contributed by atoms with Crippen molar-refractivity contribution in [3.8, 4) is 5.75 Å². The molecule has 2 fully saturated rings. The van der Waals surface area contributed by atoms with Gasteiger partial charge in [0.1, 0.15) is 11.3 Å². The Morgan fingerprint density at radius 2 is 1.85 bits per heavy atom. The molecular weight excluding hydrogens is 340 g/mol. The highest BCUT2D eigenvalue weighted by Crippen LogP contribution is 2.40. The number of rotatable bonds is 7. The van der Waals surface area contributed by atoms with Gasteiger partial charge in [-0.25, -0.2) is 0 Å². The third-order valence-corrected chi connectivity index (χ3v) is 5.80. The SMILES string of the molecule is CCCCOc1ccccc1C(=O)N1CCCC12CCCN(CCC)C2=O. The standard InChI is InChI=1S/C22H32N2O3/c1-3-5-17-27-19-11-7-6-10-18(19)20(25)24-16-9-13-22(24)12-8-15-23(14-4-2)21(22)26/h6-7,10-11H,3-5,8-9,12-17H2,1-2H3. The molecule has 0 N–H and O–H groups in total. The van der Waals surface area contributed by atoms with E-state index in [4.69, 9.17) is 4.74 Å². The van der Waals surface area contributed by atoms with Crippen LogP contribution in [0, 0.1) is 0 Å². The first-order valence-corrected chi connectivity index (χ1v) is 10.5. The predicted molar refractivity (Wildman–Crippen MR) is 106 cm³/mol. The Kier molecular flexibility index (Phi) is 6.40. The predicted octanol–water partition coefficient (Wildman–Crippen LogP) is 3.87. The van der Waals surface area contributed by atoms with E-state index in [2.05, 4.69) is 13.8 Å². The lowest BCUT2D eigenvalue weighted by atomic mass is 9.85. The quantitative estimate of drug-likeness (QED) is 0.683. The second-order valence-electron chi connectivity index (χ2n) is 7.69. The van der Waals surface area contributed by atoms with E-state index in [1.165, 1.54) is 0 Å². The average molecular weight is 373 g/mol. The number of piperidine rings is 1. The normalized spacial score (nSPS) is 22.5. The Morgan fingerprint density at radius 1 is 1.11 bits per heavy atom. The van der Waals surface area contributed by atoms with Crippen molar-refractivity contribution in [2.75, 3.05) is 26.2 Å². The lowest BCUT2D eigenvalue weighted by Crippen LogP contribution is -2.61. The Hall–Kier alpha value is -2.04. The van der Waals surface area contributed by atoms with Crippen LogP contribution in [0.15, 0.2) is 24.3 Å². The van der Waals surface area contributed by atoms with Crippen LogP contribution in [0.2, 0.25) is 0 Å². The maximum atomic E-state index is 13.5. The van der Waals surface area contributed by atoms with Crippen molar-refractivity contribution in [3.05, 3.63) is 29.8 Å². The number of likely N-dealkylation sites (tertiary alicyclic amines) is 2. The highest BCUT2D eigenvalue weighted by atomic mass is 16.5. The van der Waals surface area contributed by atoms with Gasteiger partial charge in [-0.15, -0.1) is 0 Å². The molecule has 2 heterocycles. The molecular formula is C22H32N2O3. The number of hydrogen-bond donors (Lipinski definition) is 0. The Morgan fingerprint density at radius 3 is 2.59 bits per heavy atom. The number of benzene rings is 1. The molecule has 0 saturated carbocycles. The van der Waals surface area contributed by atoms with E-state index in [0.717, 1.165) is 58.0 Å². The zero-order chi connectivity index (χ0) is 19.3. The van der Waals surface area contributed by atoms with Crippen molar-refractivity contribution < 1.29 is 14.3 Å². The lowest BCUT2D eigenvalue weighted by Gasteiger charge is -2.44. The second-order valence-corrected chi connectivity index (χ2v) is 7.69. The fourth-order valence-electron chi connectivity index (χ4n) is 4.45. The number of amides is 2. The van der Waals surface area contributed by atoms with Crippen molar-refractivity contribution in [2.24, 2.45) is 0 Å². The first-order valence-electron chi connectivity index (χ1n) is 10.5. The van der Waals surface area contributed by atoms with Gasteiger partial charge in [0.2, 0.25) is 5.91 Å². The van der Waals surface area contributed by atoms with Crippen molar-refractivity contribution >= 4 is 11.8 Å². The molecule has 0 bridgehead atoms. The molecule has 148 valence electrons. The zero-order valence-electron chi connectivity index (χ0n) is 16.7. The number of hydrogen-bond acceptors (Lipinski definition) is 3. The van der Waals surface area contributed by atoms with Crippen LogP contribution in [0.3, 0.4) is 0 Å². The minimum atomic E-state index is -0.652. The van der Waals surface area contributed by atoms with Gasteiger partial charge < -0.3 is 14.5 Å². The van der Waals surface area contributed by atoms with Gasteiger partial charge >= 0.3 is 0 Å². The minimum absolute atomic E-state index is 0.0636. The Bertz CT molecular complexity index is 673. The van der Waals surface area contributed by atoms with Crippen LogP contribution in [-0.4, -0.2) is 53.4 Å². The van der Waals surface area contributed by atoms with Crippen LogP contribution < -0.4 is 4.74 Å². The van der Waals surface area contributed by atoms with E-state index >= 15 is 0 Å². The molecule has 2 amide bonds. The smallest absolute Gasteiger partial charge is 0.258 e. The molecule has 0 radical (unpaired) electrons. The largest absolute Gasteiger partial charge is 0.493 e. The fraction of sp³-hybridized carbons (Fsp3) is 0.636. The van der Waals surface area contributed by atoms with Crippen molar-refractivity contribution in [1.82, 2.24) is 9.80 Å². The number of ether oxygens (including phenoxy) is 1. The lowest BCUT2D eigenvalue weighted by molar-refractivity contribution is -0.145. The summed E-state index contributed by atoms with van der Waals surface area (Å²) in [4.78, 5) is 30.5. The van der Waals surface area contributed by atoms with Crippen LogP contribution in [0.1, 0.15) is 69.2 Å². The molecule has 1 unspecified atom stereocenters. The summed E-state index contributed by atoms with van der Waals surface area (Å²) in [5.41, 5.74) is -0.0728. The summed E-state index contributed by atoms with van der Waals surface area (Å²) < 4.78 is 5.88. The average Bonchev–Trinajstić information content (AvgIpc) is 3.10. The number of unbranched alkanes of at least 4 members (excludes halogenated alkanes) is 1. The van der Waals surface area contributed by atoms with E-state index in [-0.39, 0.29) is 11.8 Å². The molecule has 1 spiro atoms. The minimum Gasteiger partial charge on any atom is -0.493 e. The van der Waals surface area contributed by atoms with E-state index in [0.29, 0.717) is 24.5 Å². The summed E-state index contributed by atoms with van der Waals surface area (Å²) in [7, 11) is 0. The molecule has 3 rings (SSSR count). The molecule has 1 aromatic carbocycles. The summed E-state index contributed by atoms with van der Waals surface area (Å²) in [6, 6.07) is 7.45. The van der Waals surface area contributed by atoms with Gasteiger partial charge in [0.15, 0.2) is 0 Å². The number of carbonyl (C=O) groups excluding carboxylic acids is 2. The molecule has 0 aliphatic carbocycles. The third-order valence-electron chi connectivity index (χ3n) is 5.80. The van der Waals surface area contributed by atoms with E-state index in [9.17, 15) is 9.59 Å². The van der Waals surface area contributed by atoms with Gasteiger partial charge in [0.05, 0.1) is 12.2 Å². The van der Waals surface area contributed by atoms with Crippen LogP contribution in [0.4, 0.5) is 0 Å². The summed E-state index contributed by atoms with van der Waals surface area (Å²) in [5, 5.41) is 0. The number of para-hydroxylation sites is 1. The molecule has 0 aromatic heterocycles. The van der Waals surface area contributed by atoms with Crippen LogP contribution >= 0.6 is 0 Å². The molecule has 5 nitrogen and oxygen atoms in total. The number of nitrogens with zero attached hydrogens (tertiary/aromatic N) is 2. The van der Waals surface area contributed by atoms with Gasteiger partial charge in [-0.2, -0.15) is 0 Å². The van der Waals surface area contributed by atoms with Crippen molar-refractivity contribution in [3.63, 3.8) is 0 Å². The second kappa shape index (κ2) is 8.77. The molecule has 27 heavy (non-hydrogen) atoms. The van der Waals surface area contributed by atoms with E-state index in [1.54, 1.807) is 0 Å². The van der Waals surface area contributed by atoms with Crippen LogP contribution in [-0.2, 0) is 4.79 Å². The molecule has 1 atom stereocenters. The maximum Gasteiger partial charge on any atom is 0.258 e. The summed E-state index contributed by atoms with van der Waals surface area (Å²) in [5.74, 6) is 0.712. The Labute approximate surface area is 162 Å². The Balaban J connectivity index is 1.85. The van der Waals surface area contributed by atoms with Gasteiger partial charge in [-0.1, -0.05) is 32.4 Å². The number of carbonyl (C=O) groups is 2. The van der Waals surface area contributed by atoms with Gasteiger partial charge in [-0.3, -0.25) is 9.59 Å². The fourth-order valence-corrected chi connectivity index (χ4v) is 4.45. The van der Waals surface area contributed by atoms with E-state index < -0.39 is 5.54 Å². The van der Waals surface area contributed by atoms with Gasteiger partial charge in [0, 0.05) is 19.6 Å². The molecule has 2 aliphatic rings. The molecule has 2 aliphatic heterocycles. The highest BCUT2D eigenvalue weighted by molar-refractivity contribution is 6.01. The van der Waals surface area contributed by atoms with Crippen LogP contribution in [0.5, 0.6) is 5.75 Å². The topological polar surface area (TPSA) is 49.9 Å². The summed E-state index contributed by atoms with van der Waals surface area (Å²) in [6.07, 6.45) is 6.35. The van der Waals surface area contributed by atoms with E-state index in [1.807, 2.05) is 34.1 Å². The highest BCUT2D eigenvalue weighted by Gasteiger charge is 2.52. The summed E-state index contributed by atoms with van der Waals surface area (Å²) in [6.45, 7) is 7.05. The molecule has 2 saturated heterocycles. The zero-order valence-corrected chi connectivity index (χ0v) is 16.7. The third kappa shape index (κ3) is 3.83. The first kappa shape index (κ1) is 19.7. The summed E-state index contributed by atoms with van der Waals surface area (Å²) >= 11 is 0.